The van der Waals surface area contributed by atoms with E-state index in [2.05, 4.69) is 65.8 Å². The van der Waals surface area contributed by atoms with Crippen LogP contribution in [0.4, 0.5) is 73.9 Å². The van der Waals surface area contributed by atoms with Crippen LogP contribution in [0.2, 0.25) is 0 Å². The first-order chi connectivity index (χ1) is 34.2. The smallest absolute Gasteiger partial charge is 0.417 e. The van der Waals surface area contributed by atoms with Gasteiger partial charge in [0.05, 0.1) is 90.5 Å². The highest BCUT2D eigenvalue weighted by Crippen LogP contribution is 2.36. The molecule has 1 aliphatic rings. The maximum atomic E-state index is 13.0. The first-order valence-electron chi connectivity index (χ1n) is 20.6. The van der Waals surface area contributed by atoms with Crippen molar-refractivity contribution in [1.29, 1.82) is 0 Å². The second kappa shape index (κ2) is 21.2. The normalized spacial score (nSPS) is 12.2. The van der Waals surface area contributed by atoms with Crippen molar-refractivity contribution in [3.05, 3.63) is 138 Å². The number of ether oxygens (including phenoxy) is 2. The molecule has 1 amide bonds. The number of methoxy groups -OCH3 is 2. The van der Waals surface area contributed by atoms with E-state index in [1.54, 1.807) is 47.3 Å². The Hall–Kier alpha value is -9.17. The van der Waals surface area contributed by atoms with Gasteiger partial charge in [0.2, 0.25) is 11.8 Å². The van der Waals surface area contributed by atoms with Gasteiger partial charge in [0.25, 0.3) is 5.91 Å². The summed E-state index contributed by atoms with van der Waals surface area (Å²) in [4.78, 5) is 50.9. The minimum absolute atomic E-state index is 0.0332. The number of anilines is 6. The van der Waals surface area contributed by atoms with Crippen LogP contribution in [0.5, 0.6) is 11.8 Å². The number of nitrogens with two attached hydrogens (primary N) is 1. The van der Waals surface area contributed by atoms with Gasteiger partial charge in [-0.2, -0.15) is 39.5 Å². The largest absolute Gasteiger partial charge is 0.481 e. The Balaban J connectivity index is 0.000000160. The summed E-state index contributed by atoms with van der Waals surface area (Å²) < 4.78 is 127. The highest BCUT2D eigenvalue weighted by atomic mass is 19.4. The molecule has 27 heteroatoms. The lowest BCUT2D eigenvalue weighted by atomic mass is 10.2. The number of allylic oxidation sites excluding steroid dienone is 1. The molecule has 0 saturated heterocycles. The number of hydrogen-bond acceptors (Lipinski definition) is 15. The number of carbonyl (C=O) groups is 1. The number of nitrogens with one attached hydrogen (secondary N) is 4. The van der Waals surface area contributed by atoms with Crippen molar-refractivity contribution in [1.82, 2.24) is 49.4 Å². The average Bonchev–Trinajstić information content (AvgIpc) is 4.16. The zero-order valence-corrected chi connectivity index (χ0v) is 37.4. The number of nitrogens with zero attached hydrogens (tertiary/aromatic N) is 10. The summed E-state index contributed by atoms with van der Waals surface area (Å²) in [7, 11) is 2.94. The van der Waals surface area contributed by atoms with Crippen LogP contribution in [0.1, 0.15) is 28.8 Å². The molecule has 72 heavy (non-hydrogen) atoms. The molecule has 0 fully saturated rings. The molecule has 0 aliphatic carbocycles. The Kier molecular flexibility index (Phi) is 14.9. The Morgan fingerprint density at radius 1 is 0.694 bits per heavy atom. The lowest BCUT2D eigenvalue weighted by Crippen LogP contribution is -2.16. The van der Waals surface area contributed by atoms with E-state index in [0.29, 0.717) is 58.6 Å². The molecule has 9 rings (SSSR count). The highest BCUT2D eigenvalue weighted by Gasteiger charge is 2.34. The molecule has 0 bridgehead atoms. The molecule has 0 spiro atoms. The third kappa shape index (κ3) is 12.5. The van der Waals surface area contributed by atoms with Gasteiger partial charge in [-0.3, -0.25) is 19.3 Å². The van der Waals surface area contributed by atoms with E-state index in [1.165, 1.54) is 39.2 Å². The predicted octanol–water partition coefficient (Wildman–Crippen LogP) is 9.91. The molecule has 6 N–H and O–H groups in total. The quantitative estimate of drug-likeness (QED) is 0.0803. The van der Waals surface area contributed by atoms with Gasteiger partial charge in [-0.05, 0) is 55.5 Å². The van der Waals surface area contributed by atoms with Crippen molar-refractivity contribution in [3.63, 3.8) is 0 Å². The summed E-state index contributed by atoms with van der Waals surface area (Å²) in [6.07, 6.45) is -0.240. The first-order valence-corrected chi connectivity index (χ1v) is 20.6. The maximum Gasteiger partial charge on any atom is 0.417 e. The van der Waals surface area contributed by atoms with Gasteiger partial charge in [-0.25, -0.2) is 34.9 Å². The number of alkyl halides is 9. The molecule has 0 radical (unpaired) electrons. The van der Waals surface area contributed by atoms with Crippen LogP contribution >= 0.6 is 0 Å². The van der Waals surface area contributed by atoms with Crippen LogP contribution < -0.4 is 31.2 Å². The molecule has 0 unspecified atom stereocenters. The number of rotatable bonds is 10. The van der Waals surface area contributed by atoms with E-state index in [9.17, 15) is 44.3 Å². The maximum absolute atomic E-state index is 13.0. The number of fused-ring (bicyclic) bond motifs is 1. The number of H-pyrrole nitrogens is 1. The van der Waals surface area contributed by atoms with Crippen molar-refractivity contribution in [3.8, 4) is 29.0 Å². The Labute approximate surface area is 400 Å². The fraction of sp³-hybridized carbons (Fsp3) is 0.156. The molecule has 372 valence electrons. The number of aliphatic imine (C=N–C) groups is 1. The van der Waals surface area contributed by atoms with E-state index in [-0.39, 0.29) is 34.2 Å². The summed E-state index contributed by atoms with van der Waals surface area (Å²) >= 11 is 0. The molecule has 8 aromatic heterocycles. The number of carbonyl (C=O) groups excluding carboxylic acids is 1. The van der Waals surface area contributed by atoms with Crippen LogP contribution in [-0.4, -0.2) is 75.8 Å². The fourth-order valence-corrected chi connectivity index (χ4v) is 6.20. The van der Waals surface area contributed by atoms with Gasteiger partial charge in [-0.1, -0.05) is 0 Å². The summed E-state index contributed by atoms with van der Waals surface area (Å²) in [5.74, 6) is 0.742. The molecule has 1 aliphatic heterocycles. The Bertz CT molecular complexity index is 3210. The van der Waals surface area contributed by atoms with Gasteiger partial charge in [0.1, 0.15) is 16.9 Å². The third-order valence-electron chi connectivity index (χ3n) is 9.72. The average molecular weight is 1010 g/mol. The molecule has 9 heterocycles. The number of imidazole rings is 2. The Morgan fingerprint density at radius 3 is 1.81 bits per heavy atom. The van der Waals surface area contributed by atoms with Crippen LogP contribution in [0.25, 0.3) is 28.4 Å². The molecule has 0 atom stereocenters. The molecule has 18 nitrogen and oxygen atoms in total. The van der Waals surface area contributed by atoms with Gasteiger partial charge in [0, 0.05) is 49.1 Å². The van der Waals surface area contributed by atoms with Crippen LogP contribution in [0, 0.1) is 6.92 Å². The minimum Gasteiger partial charge on any atom is -0.481 e. The third-order valence-corrected chi connectivity index (χ3v) is 9.72. The number of halogens is 9. The van der Waals surface area contributed by atoms with E-state index in [1.807, 2.05) is 19.1 Å². The lowest BCUT2D eigenvalue weighted by molar-refractivity contribution is -0.138. The van der Waals surface area contributed by atoms with Gasteiger partial charge < -0.3 is 36.1 Å². The van der Waals surface area contributed by atoms with Crippen molar-refractivity contribution < 1.29 is 53.8 Å². The summed E-state index contributed by atoms with van der Waals surface area (Å²) in [5.41, 5.74) is 6.19. The van der Waals surface area contributed by atoms with Crippen molar-refractivity contribution >= 4 is 57.7 Å². The fourth-order valence-electron chi connectivity index (χ4n) is 6.20. The second-order valence-electron chi connectivity index (χ2n) is 14.8. The lowest BCUT2D eigenvalue weighted by Gasteiger charge is -2.15. The molecular formula is C45H36F9N15O3. The summed E-state index contributed by atoms with van der Waals surface area (Å²) in [6, 6.07) is 12.7. The molecule has 8 aromatic rings. The number of nitrogen functional groups attached to an aromatic ring is 1. The van der Waals surface area contributed by atoms with Gasteiger partial charge in [-0.15, -0.1) is 0 Å². The van der Waals surface area contributed by atoms with Crippen LogP contribution in [0.3, 0.4) is 0 Å². The predicted molar refractivity (Wildman–Crippen MR) is 245 cm³/mol. The number of aryl methyl sites for hydroxylation is 1. The van der Waals surface area contributed by atoms with Crippen LogP contribution in [-0.2, 0) is 23.3 Å². The minimum atomic E-state index is -4.60. The standard InChI is InChI=1S/C17H14F3N5O2.C16H11F3N6.C12H11F3N4O/c1-27-14-5-4-11(9-22-14)24-15-13(7-10(8-23-15)17(18,19)20)25-16(26)12-3-2-6-21-12;1-9-2-3-11(6-21-9)25-14-12(4-10(5-22-14)16(17,18)19)24-15(25)13-7-20-8-23-13;1-20-10-3-2-8(6-17-10)19-11-9(16)4-7(5-18-11)12(13,14)15/h3-9H,2H2,1H3,(H,23,24)(H,25,26);2-8H,1H3,(H,20,23);2-6H,16H2,1H3,(H,18,19). The highest BCUT2D eigenvalue weighted by molar-refractivity contribution is 6.07. The molecule has 0 saturated carbocycles. The topological polar surface area (TPSA) is 234 Å². The zero-order chi connectivity index (χ0) is 51.8. The van der Waals surface area contributed by atoms with Gasteiger partial charge >= 0.3 is 18.5 Å². The monoisotopic (exact) mass is 1010 g/mol. The number of pyridine rings is 6. The first kappa shape index (κ1) is 50.7. The number of aromatic amines is 1. The zero-order valence-electron chi connectivity index (χ0n) is 37.4. The summed E-state index contributed by atoms with van der Waals surface area (Å²) in [5, 5.41) is 8.03. The van der Waals surface area contributed by atoms with Crippen LogP contribution in [0.15, 0.2) is 121 Å². The van der Waals surface area contributed by atoms with Crippen molar-refractivity contribution in [2.75, 3.05) is 35.9 Å². The van der Waals surface area contributed by atoms with Crippen molar-refractivity contribution in [2.24, 2.45) is 4.99 Å². The second-order valence-corrected chi connectivity index (χ2v) is 14.8. The SMILES string of the molecule is COc1ccc(Nc2ncc(C(F)(F)F)cc2N)cn1.COc1ccc(Nc2ncc(C(F)(F)F)cc2NC(=O)C2=CCC=N2)cn1.Cc1ccc(-n2c(-c3cnc[nH]3)nc3cc(C(F)(F)F)cnc32)cn1. The van der Waals surface area contributed by atoms with Gasteiger partial charge in [0.15, 0.2) is 23.1 Å². The van der Waals surface area contributed by atoms with E-state index in [4.69, 9.17) is 15.2 Å². The van der Waals surface area contributed by atoms with E-state index >= 15 is 0 Å². The Morgan fingerprint density at radius 2 is 1.29 bits per heavy atom. The molecular weight excluding hydrogens is 970 g/mol. The van der Waals surface area contributed by atoms with Crippen molar-refractivity contribution in [2.45, 2.75) is 31.9 Å². The number of amides is 1. The van der Waals surface area contributed by atoms with E-state index in [0.717, 1.165) is 36.3 Å². The number of aromatic nitrogens is 10. The molecule has 0 aromatic carbocycles. The van der Waals surface area contributed by atoms with E-state index < -0.39 is 41.1 Å². The summed E-state index contributed by atoms with van der Waals surface area (Å²) in [6.45, 7) is 1.85. The number of hydrogen-bond donors (Lipinski definition) is 5.